The Labute approximate surface area is 132 Å². The monoisotopic (exact) mass is 415 g/mol. The zero-order chi connectivity index (χ0) is 14.8. The molecule has 1 aromatic carbocycles. The number of halogens is 5. The van der Waals surface area contributed by atoms with Gasteiger partial charge in [-0.2, -0.15) is 13.2 Å². The van der Waals surface area contributed by atoms with Crippen molar-refractivity contribution in [3.63, 3.8) is 0 Å². The zero-order valence-corrected chi connectivity index (χ0v) is 13.8. The highest BCUT2D eigenvalue weighted by molar-refractivity contribution is 9.10. The van der Waals surface area contributed by atoms with E-state index in [1.54, 1.807) is 0 Å². The smallest absolute Gasteiger partial charge is 0.401 e. The van der Waals surface area contributed by atoms with Crippen LogP contribution in [-0.4, -0.2) is 36.1 Å². The van der Waals surface area contributed by atoms with Crippen LogP contribution in [0.25, 0.3) is 0 Å². The second kappa shape index (κ2) is 6.66. The minimum absolute atomic E-state index is 0.229. The summed E-state index contributed by atoms with van der Waals surface area (Å²) in [7, 11) is 0. The van der Waals surface area contributed by atoms with E-state index < -0.39 is 12.7 Å². The maximum Gasteiger partial charge on any atom is 0.401 e. The topological polar surface area (TPSA) is 12.5 Å². The fourth-order valence-electron chi connectivity index (χ4n) is 2.29. The molecule has 1 aromatic rings. The highest BCUT2D eigenvalue weighted by Crippen LogP contribution is 2.34. The van der Waals surface area contributed by atoms with Gasteiger partial charge < -0.3 is 4.74 Å². The number of nitrogens with zero attached hydrogens (tertiary/aromatic N) is 1. The molecule has 0 amide bonds. The van der Waals surface area contributed by atoms with Gasteiger partial charge in [-0.3, -0.25) is 4.90 Å². The molecular formula is C13H14Br2F3NO. The van der Waals surface area contributed by atoms with Crippen LogP contribution < -0.4 is 4.74 Å². The molecule has 1 aliphatic heterocycles. The third kappa shape index (κ3) is 4.36. The Hall–Kier alpha value is -0.270. The second-order valence-corrected chi connectivity index (χ2v) is 6.38. The van der Waals surface area contributed by atoms with Crippen molar-refractivity contribution < 1.29 is 17.9 Å². The van der Waals surface area contributed by atoms with E-state index in [9.17, 15) is 13.2 Å². The summed E-state index contributed by atoms with van der Waals surface area (Å²) in [5, 5.41) is 0.500. The molecular weight excluding hydrogens is 403 g/mol. The lowest BCUT2D eigenvalue weighted by atomic mass is 10.1. The maximum absolute atomic E-state index is 12.6. The fraction of sp³-hybridized carbons (Fsp3) is 0.538. The van der Waals surface area contributed by atoms with Gasteiger partial charge in [0.15, 0.2) is 0 Å². The van der Waals surface area contributed by atoms with E-state index in [0.29, 0.717) is 18.5 Å². The third-order valence-corrected chi connectivity index (χ3v) is 3.84. The van der Waals surface area contributed by atoms with E-state index in [2.05, 4.69) is 31.9 Å². The summed E-state index contributed by atoms with van der Waals surface area (Å²) in [6.07, 6.45) is -3.39. The number of benzene rings is 1. The van der Waals surface area contributed by atoms with Crippen LogP contribution in [-0.2, 0) is 13.0 Å². The van der Waals surface area contributed by atoms with E-state index in [1.165, 1.54) is 4.90 Å². The lowest BCUT2D eigenvalue weighted by Gasteiger charge is -2.23. The minimum Gasteiger partial charge on any atom is -0.493 e. The zero-order valence-electron chi connectivity index (χ0n) is 10.6. The van der Waals surface area contributed by atoms with Crippen molar-refractivity contribution in [1.29, 1.82) is 0 Å². The van der Waals surface area contributed by atoms with Crippen LogP contribution in [0.2, 0.25) is 0 Å². The van der Waals surface area contributed by atoms with Gasteiger partial charge in [-0.05, 0) is 17.7 Å². The van der Waals surface area contributed by atoms with Crippen molar-refractivity contribution in [2.24, 2.45) is 0 Å². The highest BCUT2D eigenvalue weighted by atomic mass is 79.9. The van der Waals surface area contributed by atoms with Crippen molar-refractivity contribution in [2.45, 2.75) is 19.1 Å². The first-order valence-corrected chi connectivity index (χ1v) is 8.09. The standard InChI is InChI=1S/C13H14Br2F3NO/c14-2-3-19(8-13(16,17)18)7-10-6-11(15)5-9-1-4-20-12(9)10/h5-6H,1-4,7-8H2. The van der Waals surface area contributed by atoms with Crippen molar-refractivity contribution >= 4 is 31.9 Å². The third-order valence-electron chi connectivity index (χ3n) is 3.02. The van der Waals surface area contributed by atoms with E-state index in [1.807, 2.05) is 12.1 Å². The predicted octanol–water partition coefficient (Wildman–Crippen LogP) is 4.14. The van der Waals surface area contributed by atoms with E-state index >= 15 is 0 Å². The number of fused-ring (bicyclic) bond motifs is 1. The molecule has 0 aliphatic carbocycles. The van der Waals surface area contributed by atoms with Crippen LogP contribution >= 0.6 is 31.9 Å². The molecule has 1 aliphatic rings. The van der Waals surface area contributed by atoms with Gasteiger partial charge in [0, 0.05) is 34.9 Å². The highest BCUT2D eigenvalue weighted by Gasteiger charge is 2.31. The summed E-state index contributed by atoms with van der Waals surface area (Å²) in [6.45, 7) is 0.240. The van der Waals surface area contributed by atoms with Crippen molar-refractivity contribution in [2.75, 3.05) is 25.0 Å². The van der Waals surface area contributed by atoms with Crippen molar-refractivity contribution in [3.05, 3.63) is 27.7 Å². The van der Waals surface area contributed by atoms with Crippen LogP contribution in [0, 0.1) is 0 Å². The average molecular weight is 417 g/mol. The summed E-state index contributed by atoms with van der Waals surface area (Å²) < 4.78 is 44.2. The molecule has 0 unspecified atom stereocenters. The van der Waals surface area contributed by atoms with Gasteiger partial charge >= 0.3 is 6.18 Å². The van der Waals surface area contributed by atoms with Crippen LogP contribution in [0.1, 0.15) is 11.1 Å². The summed E-state index contributed by atoms with van der Waals surface area (Å²) in [5.74, 6) is 0.745. The first kappa shape index (κ1) is 16.1. The van der Waals surface area contributed by atoms with Gasteiger partial charge in [-0.25, -0.2) is 0 Å². The largest absolute Gasteiger partial charge is 0.493 e. The average Bonchev–Trinajstić information content (AvgIpc) is 2.74. The number of ether oxygens (including phenoxy) is 1. The van der Waals surface area contributed by atoms with Gasteiger partial charge in [0.25, 0.3) is 0 Å². The lowest BCUT2D eigenvalue weighted by molar-refractivity contribution is -0.146. The van der Waals surface area contributed by atoms with Crippen molar-refractivity contribution in [3.8, 4) is 5.75 Å². The fourth-order valence-corrected chi connectivity index (χ4v) is 3.35. The van der Waals surface area contributed by atoms with E-state index in [0.717, 1.165) is 27.8 Å². The molecule has 2 rings (SSSR count). The summed E-state index contributed by atoms with van der Waals surface area (Å²) in [6, 6.07) is 3.80. The molecule has 1 heterocycles. The molecule has 0 spiro atoms. The summed E-state index contributed by atoms with van der Waals surface area (Å²) >= 11 is 6.60. The number of hydrogen-bond acceptors (Lipinski definition) is 2. The quantitative estimate of drug-likeness (QED) is 0.668. The van der Waals surface area contributed by atoms with Crippen LogP contribution in [0.15, 0.2) is 16.6 Å². The Morgan fingerprint density at radius 3 is 2.70 bits per heavy atom. The molecule has 112 valence electrons. The Kier molecular flexibility index (Phi) is 5.36. The molecule has 0 atom stereocenters. The molecule has 0 N–H and O–H groups in total. The Morgan fingerprint density at radius 1 is 1.30 bits per heavy atom. The molecule has 20 heavy (non-hydrogen) atoms. The maximum atomic E-state index is 12.6. The first-order valence-electron chi connectivity index (χ1n) is 6.18. The van der Waals surface area contributed by atoms with Gasteiger partial charge in [0.1, 0.15) is 5.75 Å². The van der Waals surface area contributed by atoms with Gasteiger partial charge in [0.05, 0.1) is 13.2 Å². The molecule has 0 saturated heterocycles. The van der Waals surface area contributed by atoms with Gasteiger partial charge in [-0.15, -0.1) is 0 Å². The summed E-state index contributed by atoms with van der Waals surface area (Å²) in [5.41, 5.74) is 1.86. The molecule has 0 radical (unpaired) electrons. The van der Waals surface area contributed by atoms with Crippen LogP contribution in [0.5, 0.6) is 5.75 Å². The van der Waals surface area contributed by atoms with Crippen LogP contribution in [0.4, 0.5) is 13.2 Å². The Balaban J connectivity index is 2.18. The lowest BCUT2D eigenvalue weighted by Crippen LogP contribution is -2.35. The second-order valence-electron chi connectivity index (χ2n) is 4.67. The van der Waals surface area contributed by atoms with Crippen LogP contribution in [0.3, 0.4) is 0 Å². The first-order chi connectivity index (χ1) is 9.39. The molecule has 2 nitrogen and oxygen atoms in total. The predicted molar refractivity (Wildman–Crippen MR) is 78.5 cm³/mol. The summed E-state index contributed by atoms with van der Waals surface area (Å²) in [4.78, 5) is 1.37. The minimum atomic E-state index is -4.20. The number of alkyl halides is 4. The molecule has 0 fully saturated rings. The van der Waals surface area contributed by atoms with E-state index in [4.69, 9.17) is 4.74 Å². The Bertz CT molecular complexity index is 479. The SMILES string of the molecule is FC(F)(F)CN(CCBr)Cc1cc(Br)cc2c1OCC2. The van der Waals surface area contributed by atoms with Gasteiger partial charge in [0.2, 0.25) is 0 Å². The molecule has 7 heteroatoms. The number of hydrogen-bond donors (Lipinski definition) is 0. The van der Waals surface area contributed by atoms with E-state index in [-0.39, 0.29) is 6.54 Å². The van der Waals surface area contributed by atoms with Gasteiger partial charge in [-0.1, -0.05) is 31.9 Å². The normalized spacial score (nSPS) is 14.5. The molecule has 0 aromatic heterocycles. The molecule has 0 saturated carbocycles. The Morgan fingerprint density at radius 2 is 2.05 bits per heavy atom. The molecule has 0 bridgehead atoms. The number of rotatable bonds is 5. The van der Waals surface area contributed by atoms with Crippen molar-refractivity contribution in [1.82, 2.24) is 4.90 Å².